The minimum Gasteiger partial charge on any atom is -0.353 e. The van der Waals surface area contributed by atoms with E-state index in [0.29, 0.717) is 23.8 Å². The number of nitrogens with zero attached hydrogens (tertiary/aromatic N) is 5. The van der Waals surface area contributed by atoms with Gasteiger partial charge in [0.2, 0.25) is 0 Å². The number of benzene rings is 1. The van der Waals surface area contributed by atoms with Crippen LogP contribution < -0.4 is 5.56 Å². The van der Waals surface area contributed by atoms with E-state index in [0.717, 1.165) is 66.8 Å². The Bertz CT molecular complexity index is 1590. The van der Waals surface area contributed by atoms with Crippen LogP contribution in [-0.4, -0.2) is 42.3 Å². The first-order chi connectivity index (χ1) is 18.2. The number of likely N-dealkylation sites (tertiary alicyclic amines) is 1. The van der Waals surface area contributed by atoms with Gasteiger partial charge in [-0.1, -0.05) is 18.6 Å². The predicted molar refractivity (Wildman–Crippen MR) is 136 cm³/mol. The van der Waals surface area contributed by atoms with Gasteiger partial charge in [0.1, 0.15) is 17.7 Å². The monoisotopic (exact) mass is 522 g/mol. The highest BCUT2D eigenvalue weighted by molar-refractivity contribution is 5.84. The van der Waals surface area contributed by atoms with Crippen molar-refractivity contribution < 1.29 is 13.2 Å². The van der Waals surface area contributed by atoms with Crippen molar-refractivity contribution in [2.45, 2.75) is 50.2 Å². The summed E-state index contributed by atoms with van der Waals surface area (Å²) >= 11 is 0. The number of hydrogen-bond donors (Lipinski definition) is 1. The van der Waals surface area contributed by atoms with Crippen molar-refractivity contribution in [2.24, 2.45) is 18.9 Å². The second kappa shape index (κ2) is 8.30. The molecule has 0 radical (unpaired) electrons. The minimum absolute atomic E-state index is 0.00630. The molecule has 198 valence electrons. The highest BCUT2D eigenvalue weighted by Gasteiger charge is 2.44. The van der Waals surface area contributed by atoms with Crippen molar-refractivity contribution in [3.63, 3.8) is 0 Å². The molecule has 7 rings (SSSR count). The van der Waals surface area contributed by atoms with Crippen LogP contribution in [0.3, 0.4) is 0 Å². The molecule has 1 aromatic carbocycles. The summed E-state index contributed by atoms with van der Waals surface area (Å²) in [4.78, 5) is 19.0. The van der Waals surface area contributed by atoms with Crippen LogP contribution in [0, 0.1) is 11.8 Å². The van der Waals surface area contributed by atoms with Gasteiger partial charge in [-0.2, -0.15) is 13.2 Å². The first-order valence-electron chi connectivity index (χ1n) is 13.3. The number of aromatic nitrogens is 5. The number of nitrogens with one attached hydrogen (secondary N) is 1. The van der Waals surface area contributed by atoms with Gasteiger partial charge < -0.3 is 9.55 Å². The van der Waals surface area contributed by atoms with Gasteiger partial charge in [-0.15, -0.1) is 10.2 Å². The highest BCUT2D eigenvalue weighted by Crippen LogP contribution is 2.48. The van der Waals surface area contributed by atoms with Crippen LogP contribution in [0.15, 0.2) is 47.7 Å². The Morgan fingerprint density at radius 2 is 2.03 bits per heavy atom. The summed E-state index contributed by atoms with van der Waals surface area (Å²) in [6.07, 6.45) is 3.14. The standard InChI is InChI=1S/C28H29F3N6O/c1-35-16-32-34-26(35)27(7-3-8-27)19-4-2-5-21(11-19)37-15-23(28(29,30)31)22-12-20(33-24(22)25(37)38)14-36-9-6-17-10-18(17)13-36/h2,4-5,11-12,15-18,33H,3,6-10,13-14H2,1H3/t17-,18-/m1/s1. The summed E-state index contributed by atoms with van der Waals surface area (Å²) in [6.45, 7) is 2.42. The molecule has 2 atom stereocenters. The fraction of sp³-hybridized carbons (Fsp3) is 0.464. The van der Waals surface area contributed by atoms with Crippen molar-refractivity contribution in [2.75, 3.05) is 13.1 Å². The summed E-state index contributed by atoms with van der Waals surface area (Å²) < 4.78 is 45.8. The van der Waals surface area contributed by atoms with E-state index in [-0.39, 0.29) is 16.3 Å². The van der Waals surface area contributed by atoms with Crippen LogP contribution in [0.2, 0.25) is 0 Å². The molecule has 1 N–H and O–H groups in total. The van der Waals surface area contributed by atoms with Crippen molar-refractivity contribution in [1.82, 2.24) is 29.2 Å². The maximum absolute atomic E-state index is 14.3. The number of aromatic amines is 1. The topological polar surface area (TPSA) is 71.7 Å². The van der Waals surface area contributed by atoms with Crippen LogP contribution in [0.25, 0.3) is 16.6 Å². The zero-order chi connectivity index (χ0) is 26.2. The van der Waals surface area contributed by atoms with E-state index >= 15 is 0 Å². The van der Waals surface area contributed by atoms with E-state index in [2.05, 4.69) is 20.1 Å². The third kappa shape index (κ3) is 3.72. The molecule has 0 amide bonds. The Kier molecular flexibility index (Phi) is 5.17. The molecule has 2 saturated carbocycles. The average molecular weight is 523 g/mol. The largest absolute Gasteiger partial charge is 0.418 e. The average Bonchev–Trinajstić information content (AvgIpc) is 3.30. The number of fused-ring (bicyclic) bond motifs is 2. The van der Waals surface area contributed by atoms with Crippen LogP contribution in [0.5, 0.6) is 0 Å². The Balaban J connectivity index is 1.31. The maximum Gasteiger partial charge on any atom is 0.418 e. The van der Waals surface area contributed by atoms with Gasteiger partial charge in [0.15, 0.2) is 0 Å². The van der Waals surface area contributed by atoms with Gasteiger partial charge in [-0.05, 0) is 67.8 Å². The molecule has 3 fully saturated rings. The molecule has 0 unspecified atom stereocenters. The molecule has 7 nitrogen and oxygen atoms in total. The molecule has 4 heterocycles. The van der Waals surface area contributed by atoms with Crippen molar-refractivity contribution >= 4 is 10.9 Å². The van der Waals surface area contributed by atoms with Crippen LogP contribution in [0.4, 0.5) is 13.2 Å². The van der Waals surface area contributed by atoms with Gasteiger partial charge >= 0.3 is 6.18 Å². The molecular formula is C28H29F3N6O. The number of rotatable bonds is 5. The number of aryl methyl sites for hydroxylation is 1. The number of H-pyrrole nitrogens is 1. The molecule has 0 spiro atoms. The van der Waals surface area contributed by atoms with Crippen LogP contribution in [0.1, 0.15) is 54.7 Å². The third-order valence-corrected chi connectivity index (χ3v) is 8.96. The van der Waals surface area contributed by atoms with E-state index in [1.54, 1.807) is 18.5 Å². The molecule has 38 heavy (non-hydrogen) atoms. The quantitative estimate of drug-likeness (QED) is 0.410. The van der Waals surface area contributed by atoms with Crippen molar-refractivity contribution in [3.8, 4) is 5.69 Å². The number of halogens is 3. The summed E-state index contributed by atoms with van der Waals surface area (Å²) in [7, 11) is 1.89. The fourth-order valence-corrected chi connectivity index (χ4v) is 6.66. The van der Waals surface area contributed by atoms with Crippen molar-refractivity contribution in [3.05, 3.63) is 75.9 Å². The molecule has 0 bridgehead atoms. The number of hydrogen-bond acceptors (Lipinski definition) is 4. The molecule has 1 saturated heterocycles. The van der Waals surface area contributed by atoms with Crippen molar-refractivity contribution in [1.29, 1.82) is 0 Å². The first kappa shape index (κ1) is 23.7. The SMILES string of the molecule is Cn1cnnc1C1(c2cccc(-n3cc(C(F)(F)F)c4cc(CN5CC[C@@H]6C[C@@H]6C5)[nH]c4c3=O)c2)CCC1. The fourth-order valence-electron chi connectivity index (χ4n) is 6.66. The smallest absolute Gasteiger partial charge is 0.353 e. The summed E-state index contributed by atoms with van der Waals surface area (Å²) in [5.74, 6) is 2.36. The summed E-state index contributed by atoms with van der Waals surface area (Å²) in [5.41, 5.74) is 0.299. The maximum atomic E-state index is 14.3. The van der Waals surface area contributed by atoms with Gasteiger partial charge in [-0.3, -0.25) is 14.3 Å². The predicted octanol–water partition coefficient (Wildman–Crippen LogP) is 4.78. The van der Waals surface area contributed by atoms with E-state index in [9.17, 15) is 18.0 Å². The van der Waals surface area contributed by atoms with Crippen LogP contribution in [-0.2, 0) is 25.2 Å². The molecule has 2 aliphatic carbocycles. The second-order valence-electron chi connectivity index (χ2n) is 11.3. The molecule has 3 aromatic heterocycles. The van der Waals surface area contributed by atoms with E-state index < -0.39 is 17.3 Å². The number of pyridine rings is 1. The Morgan fingerprint density at radius 1 is 1.18 bits per heavy atom. The zero-order valence-electron chi connectivity index (χ0n) is 21.1. The molecule has 1 aliphatic heterocycles. The Hall–Kier alpha value is -3.40. The second-order valence-corrected chi connectivity index (χ2v) is 11.3. The molecule has 3 aliphatic rings. The molecule has 10 heteroatoms. The minimum atomic E-state index is -4.61. The lowest BCUT2D eigenvalue weighted by molar-refractivity contribution is -0.136. The highest BCUT2D eigenvalue weighted by atomic mass is 19.4. The van der Waals surface area contributed by atoms with Gasteiger partial charge in [0, 0.05) is 43.1 Å². The van der Waals surface area contributed by atoms with E-state index in [4.69, 9.17) is 0 Å². The normalized spacial score (nSPS) is 22.8. The van der Waals surface area contributed by atoms with Gasteiger partial charge in [0.05, 0.1) is 11.0 Å². The molecular weight excluding hydrogens is 493 g/mol. The Labute approximate surface area is 217 Å². The van der Waals surface area contributed by atoms with Gasteiger partial charge in [0.25, 0.3) is 5.56 Å². The lowest BCUT2D eigenvalue weighted by atomic mass is 9.63. The summed E-state index contributed by atoms with van der Waals surface area (Å²) in [5, 5.41) is 8.31. The first-order valence-corrected chi connectivity index (χ1v) is 13.3. The lowest BCUT2D eigenvalue weighted by Crippen LogP contribution is -2.38. The Morgan fingerprint density at radius 3 is 2.71 bits per heavy atom. The zero-order valence-corrected chi connectivity index (χ0v) is 21.1. The van der Waals surface area contributed by atoms with E-state index in [1.807, 2.05) is 23.7 Å². The molecule has 4 aromatic rings. The van der Waals surface area contributed by atoms with E-state index in [1.165, 1.54) is 12.5 Å². The number of piperidine rings is 1. The third-order valence-electron chi connectivity index (χ3n) is 8.96. The van der Waals surface area contributed by atoms with Crippen LogP contribution >= 0.6 is 0 Å². The summed E-state index contributed by atoms with van der Waals surface area (Å²) in [6, 6.07) is 8.78. The van der Waals surface area contributed by atoms with Gasteiger partial charge in [-0.25, -0.2) is 0 Å². The number of alkyl halides is 3. The lowest BCUT2D eigenvalue weighted by Gasteiger charge is -2.41.